The second-order valence-electron chi connectivity index (χ2n) is 5.08. The van der Waals surface area contributed by atoms with Gasteiger partial charge in [-0.15, -0.1) is 0 Å². The summed E-state index contributed by atoms with van der Waals surface area (Å²) in [5.41, 5.74) is 1.16. The van der Waals surface area contributed by atoms with Gasteiger partial charge in [-0.3, -0.25) is 0 Å². The van der Waals surface area contributed by atoms with Crippen LogP contribution in [0.1, 0.15) is 50.5 Å². The van der Waals surface area contributed by atoms with Crippen molar-refractivity contribution in [3.8, 4) is 0 Å². The second kappa shape index (κ2) is 6.15. The Kier molecular flexibility index (Phi) is 4.55. The molecular weight excluding hydrogens is 213 g/mol. The maximum Gasteiger partial charge on any atom is 0.123 e. The number of benzene rings is 1. The zero-order chi connectivity index (χ0) is 12.1. The summed E-state index contributed by atoms with van der Waals surface area (Å²) in [6.45, 7) is 3.36. The highest BCUT2D eigenvalue weighted by molar-refractivity contribution is 5.23. The van der Waals surface area contributed by atoms with Gasteiger partial charge in [0.05, 0.1) is 0 Å². The van der Waals surface area contributed by atoms with Gasteiger partial charge in [0.1, 0.15) is 5.82 Å². The van der Waals surface area contributed by atoms with Crippen molar-refractivity contribution in [3.63, 3.8) is 0 Å². The van der Waals surface area contributed by atoms with E-state index in [-0.39, 0.29) is 5.82 Å². The molecule has 0 aromatic heterocycles. The van der Waals surface area contributed by atoms with Crippen molar-refractivity contribution in [2.45, 2.75) is 51.0 Å². The molecule has 1 nitrogen and oxygen atoms in total. The molecule has 0 spiro atoms. The van der Waals surface area contributed by atoms with Crippen molar-refractivity contribution >= 4 is 0 Å². The van der Waals surface area contributed by atoms with Crippen molar-refractivity contribution in [1.82, 2.24) is 5.32 Å². The fourth-order valence-electron chi connectivity index (χ4n) is 2.50. The van der Waals surface area contributed by atoms with Gasteiger partial charge in [0.15, 0.2) is 0 Å². The van der Waals surface area contributed by atoms with Crippen LogP contribution in [0.4, 0.5) is 4.39 Å². The molecule has 1 aromatic rings. The summed E-state index contributed by atoms with van der Waals surface area (Å²) in [6, 6.07) is 7.70. The predicted molar refractivity (Wildman–Crippen MR) is 69.7 cm³/mol. The van der Waals surface area contributed by atoms with Crippen molar-refractivity contribution in [2.75, 3.05) is 6.54 Å². The van der Waals surface area contributed by atoms with E-state index >= 15 is 0 Å². The Morgan fingerprint density at radius 2 is 2.12 bits per heavy atom. The molecule has 2 heteroatoms. The SMILES string of the molecule is CCCCCNC1CC(c2cccc(F)c2)C1. The maximum absolute atomic E-state index is 13.1. The van der Waals surface area contributed by atoms with Crippen LogP contribution in [0.2, 0.25) is 0 Å². The van der Waals surface area contributed by atoms with Gasteiger partial charge in [-0.2, -0.15) is 0 Å². The average Bonchev–Trinajstić information content (AvgIpc) is 2.26. The molecule has 0 amide bonds. The Morgan fingerprint density at radius 1 is 1.29 bits per heavy atom. The van der Waals surface area contributed by atoms with Crippen molar-refractivity contribution in [1.29, 1.82) is 0 Å². The van der Waals surface area contributed by atoms with Crippen LogP contribution in [0, 0.1) is 5.82 Å². The molecule has 1 N–H and O–H groups in total. The van der Waals surface area contributed by atoms with E-state index in [1.54, 1.807) is 6.07 Å². The van der Waals surface area contributed by atoms with Crippen LogP contribution in [0.3, 0.4) is 0 Å². The summed E-state index contributed by atoms with van der Waals surface area (Å²) < 4.78 is 13.1. The zero-order valence-electron chi connectivity index (χ0n) is 10.6. The number of unbranched alkanes of at least 4 members (excludes halogenated alkanes) is 2. The Labute approximate surface area is 103 Å². The topological polar surface area (TPSA) is 12.0 Å². The summed E-state index contributed by atoms with van der Waals surface area (Å²) in [7, 11) is 0. The first-order chi connectivity index (χ1) is 8.29. The van der Waals surface area contributed by atoms with Gasteiger partial charge in [0, 0.05) is 6.04 Å². The molecule has 17 heavy (non-hydrogen) atoms. The molecule has 0 saturated heterocycles. The lowest BCUT2D eigenvalue weighted by Crippen LogP contribution is -2.40. The third kappa shape index (κ3) is 3.53. The number of halogens is 1. The van der Waals surface area contributed by atoms with Crippen molar-refractivity contribution < 1.29 is 4.39 Å². The quantitative estimate of drug-likeness (QED) is 0.738. The van der Waals surface area contributed by atoms with Crippen LogP contribution in [0.25, 0.3) is 0 Å². The summed E-state index contributed by atoms with van der Waals surface area (Å²) >= 11 is 0. The molecule has 1 aliphatic carbocycles. The van der Waals surface area contributed by atoms with Gasteiger partial charge in [-0.1, -0.05) is 31.9 Å². The molecule has 1 fully saturated rings. The Balaban J connectivity index is 1.68. The van der Waals surface area contributed by atoms with Crippen LogP contribution in [-0.2, 0) is 0 Å². The van der Waals surface area contributed by atoms with Gasteiger partial charge in [0.2, 0.25) is 0 Å². The highest BCUT2D eigenvalue weighted by Crippen LogP contribution is 2.36. The van der Waals surface area contributed by atoms with E-state index in [0.29, 0.717) is 12.0 Å². The van der Waals surface area contributed by atoms with Gasteiger partial charge >= 0.3 is 0 Å². The van der Waals surface area contributed by atoms with Gasteiger partial charge in [-0.05, 0) is 49.4 Å². The molecule has 1 aromatic carbocycles. The molecule has 2 rings (SSSR count). The smallest absolute Gasteiger partial charge is 0.123 e. The van der Waals surface area contributed by atoms with Crippen LogP contribution >= 0.6 is 0 Å². The lowest BCUT2D eigenvalue weighted by atomic mass is 9.76. The third-order valence-electron chi connectivity index (χ3n) is 3.67. The van der Waals surface area contributed by atoms with Gasteiger partial charge in [0.25, 0.3) is 0 Å². The van der Waals surface area contributed by atoms with E-state index in [2.05, 4.69) is 12.2 Å². The number of nitrogens with one attached hydrogen (secondary N) is 1. The number of hydrogen-bond acceptors (Lipinski definition) is 1. The Bertz CT molecular complexity index is 345. The molecule has 0 heterocycles. The largest absolute Gasteiger partial charge is 0.314 e. The number of rotatable bonds is 6. The maximum atomic E-state index is 13.1. The molecule has 1 aliphatic rings. The van der Waals surface area contributed by atoms with Gasteiger partial charge < -0.3 is 5.32 Å². The van der Waals surface area contributed by atoms with Crippen LogP contribution in [0.15, 0.2) is 24.3 Å². The first-order valence-corrected chi connectivity index (χ1v) is 6.78. The second-order valence-corrected chi connectivity index (χ2v) is 5.08. The lowest BCUT2D eigenvalue weighted by molar-refractivity contribution is 0.289. The molecule has 0 bridgehead atoms. The van der Waals surface area contributed by atoms with Crippen LogP contribution in [0.5, 0.6) is 0 Å². The monoisotopic (exact) mass is 235 g/mol. The van der Waals surface area contributed by atoms with Crippen LogP contribution in [-0.4, -0.2) is 12.6 Å². The zero-order valence-corrected chi connectivity index (χ0v) is 10.6. The first kappa shape index (κ1) is 12.6. The average molecular weight is 235 g/mol. The van der Waals surface area contributed by atoms with E-state index in [4.69, 9.17) is 0 Å². The molecule has 1 saturated carbocycles. The standard InChI is InChI=1S/C15H22FN/c1-2-3-4-8-17-15-10-13(11-15)12-6-5-7-14(16)9-12/h5-7,9,13,15,17H,2-4,8,10-11H2,1H3. The molecular formula is C15H22FN. The normalized spacial score (nSPS) is 23.4. The summed E-state index contributed by atoms with van der Waals surface area (Å²) in [4.78, 5) is 0. The highest BCUT2D eigenvalue weighted by Gasteiger charge is 2.29. The molecule has 0 atom stereocenters. The lowest BCUT2D eigenvalue weighted by Gasteiger charge is -2.36. The fourth-order valence-corrected chi connectivity index (χ4v) is 2.50. The van der Waals surface area contributed by atoms with E-state index in [9.17, 15) is 4.39 Å². The summed E-state index contributed by atoms with van der Waals surface area (Å²) in [5, 5.41) is 3.57. The minimum absolute atomic E-state index is 0.109. The number of hydrogen-bond donors (Lipinski definition) is 1. The third-order valence-corrected chi connectivity index (χ3v) is 3.67. The van der Waals surface area contributed by atoms with Crippen molar-refractivity contribution in [2.24, 2.45) is 0 Å². The Hall–Kier alpha value is -0.890. The van der Waals surface area contributed by atoms with Crippen molar-refractivity contribution in [3.05, 3.63) is 35.6 Å². The molecule has 0 radical (unpaired) electrons. The van der Waals surface area contributed by atoms with E-state index in [1.165, 1.54) is 25.3 Å². The van der Waals surface area contributed by atoms with E-state index in [0.717, 1.165) is 24.9 Å². The van der Waals surface area contributed by atoms with Crippen LogP contribution < -0.4 is 5.32 Å². The van der Waals surface area contributed by atoms with Gasteiger partial charge in [-0.25, -0.2) is 4.39 Å². The Morgan fingerprint density at radius 3 is 2.82 bits per heavy atom. The summed E-state index contributed by atoms with van der Waals surface area (Å²) in [6.07, 6.45) is 6.19. The molecule has 0 aliphatic heterocycles. The first-order valence-electron chi connectivity index (χ1n) is 6.78. The molecule has 0 unspecified atom stereocenters. The fraction of sp³-hybridized carbons (Fsp3) is 0.600. The predicted octanol–water partition coefficient (Wildman–Crippen LogP) is 3.85. The minimum atomic E-state index is -0.109. The van der Waals surface area contributed by atoms with E-state index < -0.39 is 0 Å². The molecule has 94 valence electrons. The highest BCUT2D eigenvalue weighted by atomic mass is 19.1. The minimum Gasteiger partial charge on any atom is -0.314 e. The summed E-state index contributed by atoms with van der Waals surface area (Å²) in [5.74, 6) is 0.455. The van der Waals surface area contributed by atoms with E-state index in [1.807, 2.05) is 12.1 Å².